The van der Waals surface area contributed by atoms with Gasteiger partial charge in [-0.2, -0.15) is 0 Å². The van der Waals surface area contributed by atoms with Crippen LogP contribution in [0.1, 0.15) is 19.8 Å². The Kier molecular flexibility index (Phi) is 5.40. The molecule has 0 spiro atoms. The van der Waals surface area contributed by atoms with E-state index in [1.165, 1.54) is 6.42 Å². The lowest BCUT2D eigenvalue weighted by Gasteiger charge is -2.36. The molecular formula is C10H23N3O. The monoisotopic (exact) mass is 201 g/mol. The van der Waals surface area contributed by atoms with Crippen molar-refractivity contribution in [3.63, 3.8) is 0 Å². The van der Waals surface area contributed by atoms with E-state index in [1.54, 1.807) is 0 Å². The molecule has 0 bridgehead atoms. The number of aliphatic hydroxyl groups is 1. The van der Waals surface area contributed by atoms with Gasteiger partial charge in [-0.15, -0.1) is 0 Å². The highest BCUT2D eigenvalue weighted by Gasteiger charge is 2.18. The van der Waals surface area contributed by atoms with E-state index in [4.69, 9.17) is 5.73 Å². The highest BCUT2D eigenvalue weighted by Crippen LogP contribution is 2.05. The molecule has 1 saturated heterocycles. The lowest BCUT2D eigenvalue weighted by Crippen LogP contribution is -2.49. The number of hydrogen-bond acceptors (Lipinski definition) is 4. The fraction of sp³-hybridized carbons (Fsp3) is 1.00. The van der Waals surface area contributed by atoms with E-state index in [2.05, 4.69) is 9.80 Å². The van der Waals surface area contributed by atoms with E-state index in [0.717, 1.165) is 45.7 Å². The second-order valence-electron chi connectivity index (χ2n) is 4.01. The number of piperazine rings is 1. The van der Waals surface area contributed by atoms with Crippen molar-refractivity contribution in [1.29, 1.82) is 0 Å². The van der Waals surface area contributed by atoms with Gasteiger partial charge in [0.25, 0.3) is 0 Å². The maximum absolute atomic E-state index is 9.37. The molecule has 0 aromatic carbocycles. The molecule has 3 N–H and O–H groups in total. The van der Waals surface area contributed by atoms with Crippen LogP contribution in [0.5, 0.6) is 0 Å². The van der Waals surface area contributed by atoms with Crippen LogP contribution in [0.15, 0.2) is 0 Å². The summed E-state index contributed by atoms with van der Waals surface area (Å²) in [7, 11) is 0. The SMILES string of the molecule is CC(O)N1CCN(CCCCN)CC1. The molecule has 0 radical (unpaired) electrons. The number of hydrogen-bond donors (Lipinski definition) is 2. The molecule has 1 fully saturated rings. The Balaban J connectivity index is 2.09. The molecule has 1 rings (SSSR count). The first-order valence-corrected chi connectivity index (χ1v) is 5.58. The summed E-state index contributed by atoms with van der Waals surface area (Å²) in [4.78, 5) is 4.56. The van der Waals surface area contributed by atoms with Crippen molar-refractivity contribution in [3.8, 4) is 0 Å². The standard InChI is InChI=1S/C10H23N3O/c1-10(14)13-8-6-12(7-9-13)5-3-2-4-11/h10,14H,2-9,11H2,1H3. The van der Waals surface area contributed by atoms with Gasteiger partial charge in [-0.05, 0) is 32.9 Å². The van der Waals surface area contributed by atoms with Gasteiger partial charge in [-0.3, -0.25) is 4.90 Å². The van der Waals surface area contributed by atoms with Crippen molar-refractivity contribution in [2.45, 2.75) is 26.0 Å². The van der Waals surface area contributed by atoms with Crippen LogP contribution in [0.3, 0.4) is 0 Å². The lowest BCUT2D eigenvalue weighted by molar-refractivity contribution is -0.0128. The van der Waals surface area contributed by atoms with Crippen LogP contribution >= 0.6 is 0 Å². The first kappa shape index (κ1) is 11.9. The average Bonchev–Trinajstić information content (AvgIpc) is 2.19. The molecule has 84 valence electrons. The Morgan fingerprint density at radius 3 is 2.36 bits per heavy atom. The quantitative estimate of drug-likeness (QED) is 0.599. The van der Waals surface area contributed by atoms with Crippen molar-refractivity contribution in [1.82, 2.24) is 9.80 Å². The van der Waals surface area contributed by atoms with Gasteiger partial charge in [-0.25, -0.2) is 0 Å². The third kappa shape index (κ3) is 3.92. The topological polar surface area (TPSA) is 52.7 Å². The molecule has 1 aliphatic heterocycles. The molecular weight excluding hydrogens is 178 g/mol. The molecule has 0 aromatic rings. The van der Waals surface area contributed by atoms with Crippen molar-refractivity contribution >= 4 is 0 Å². The number of unbranched alkanes of at least 4 members (excludes halogenated alkanes) is 1. The van der Waals surface area contributed by atoms with Crippen LogP contribution in [0, 0.1) is 0 Å². The van der Waals surface area contributed by atoms with Gasteiger partial charge in [0, 0.05) is 26.2 Å². The maximum Gasteiger partial charge on any atom is 0.104 e. The lowest BCUT2D eigenvalue weighted by atomic mass is 10.2. The van der Waals surface area contributed by atoms with Gasteiger partial charge in [0.1, 0.15) is 6.23 Å². The van der Waals surface area contributed by atoms with Gasteiger partial charge in [0.2, 0.25) is 0 Å². The van der Waals surface area contributed by atoms with Crippen molar-refractivity contribution in [2.75, 3.05) is 39.3 Å². The summed E-state index contributed by atoms with van der Waals surface area (Å²) in [5, 5.41) is 9.37. The highest BCUT2D eigenvalue weighted by atomic mass is 16.3. The van der Waals surface area contributed by atoms with Crippen LogP contribution in [0.4, 0.5) is 0 Å². The molecule has 4 nitrogen and oxygen atoms in total. The first-order chi connectivity index (χ1) is 6.74. The van der Waals surface area contributed by atoms with Crippen molar-refractivity contribution in [2.24, 2.45) is 5.73 Å². The van der Waals surface area contributed by atoms with Crippen LogP contribution in [0.2, 0.25) is 0 Å². The molecule has 0 saturated carbocycles. The Bertz CT molecular complexity index is 144. The fourth-order valence-electron chi connectivity index (χ4n) is 1.84. The molecule has 1 unspecified atom stereocenters. The van der Waals surface area contributed by atoms with E-state index in [-0.39, 0.29) is 6.23 Å². The number of nitrogens with two attached hydrogens (primary N) is 1. The van der Waals surface area contributed by atoms with Gasteiger partial charge in [0.05, 0.1) is 0 Å². The van der Waals surface area contributed by atoms with Gasteiger partial charge in [0.15, 0.2) is 0 Å². The number of aliphatic hydroxyl groups excluding tert-OH is 1. The minimum Gasteiger partial charge on any atom is -0.379 e. The molecule has 0 aliphatic carbocycles. The fourth-order valence-corrected chi connectivity index (χ4v) is 1.84. The zero-order valence-electron chi connectivity index (χ0n) is 9.15. The molecule has 0 amide bonds. The largest absolute Gasteiger partial charge is 0.379 e. The van der Waals surface area contributed by atoms with E-state index in [0.29, 0.717) is 0 Å². The average molecular weight is 201 g/mol. The summed E-state index contributed by atoms with van der Waals surface area (Å²) in [6.07, 6.45) is 2.03. The normalized spacial score (nSPS) is 22.5. The summed E-state index contributed by atoms with van der Waals surface area (Å²) in [5.41, 5.74) is 5.45. The molecule has 1 aliphatic rings. The predicted octanol–water partition coefficient (Wildman–Crippen LogP) is -0.319. The van der Waals surface area contributed by atoms with Gasteiger partial charge < -0.3 is 15.7 Å². The van der Waals surface area contributed by atoms with Crippen molar-refractivity contribution in [3.05, 3.63) is 0 Å². The maximum atomic E-state index is 9.37. The summed E-state index contributed by atoms with van der Waals surface area (Å²) in [5.74, 6) is 0. The minimum absolute atomic E-state index is 0.291. The van der Waals surface area contributed by atoms with E-state index < -0.39 is 0 Å². The third-order valence-corrected chi connectivity index (χ3v) is 2.86. The first-order valence-electron chi connectivity index (χ1n) is 5.58. The Labute approximate surface area is 86.7 Å². The molecule has 0 aromatic heterocycles. The summed E-state index contributed by atoms with van der Waals surface area (Å²) >= 11 is 0. The van der Waals surface area contributed by atoms with E-state index in [9.17, 15) is 5.11 Å². The Hall–Kier alpha value is -0.160. The molecule has 14 heavy (non-hydrogen) atoms. The second-order valence-corrected chi connectivity index (χ2v) is 4.01. The molecule has 1 atom stereocenters. The summed E-state index contributed by atoms with van der Waals surface area (Å²) < 4.78 is 0. The number of nitrogens with zero attached hydrogens (tertiary/aromatic N) is 2. The second kappa shape index (κ2) is 6.35. The van der Waals surface area contributed by atoms with Crippen LogP contribution in [0.25, 0.3) is 0 Å². The van der Waals surface area contributed by atoms with Crippen LogP contribution in [-0.2, 0) is 0 Å². The zero-order chi connectivity index (χ0) is 10.4. The van der Waals surface area contributed by atoms with E-state index in [1.807, 2.05) is 6.92 Å². The van der Waals surface area contributed by atoms with Gasteiger partial charge in [-0.1, -0.05) is 0 Å². The Morgan fingerprint density at radius 2 is 1.86 bits per heavy atom. The smallest absolute Gasteiger partial charge is 0.104 e. The highest BCUT2D eigenvalue weighted by molar-refractivity contribution is 4.72. The zero-order valence-corrected chi connectivity index (χ0v) is 9.15. The van der Waals surface area contributed by atoms with E-state index >= 15 is 0 Å². The number of rotatable bonds is 5. The molecule has 1 heterocycles. The summed E-state index contributed by atoms with van der Waals surface area (Å²) in [6.45, 7) is 7.92. The Morgan fingerprint density at radius 1 is 1.21 bits per heavy atom. The van der Waals surface area contributed by atoms with Crippen LogP contribution < -0.4 is 5.73 Å². The summed E-state index contributed by atoms with van der Waals surface area (Å²) in [6, 6.07) is 0. The predicted molar refractivity (Wildman–Crippen MR) is 58.0 cm³/mol. The van der Waals surface area contributed by atoms with Crippen molar-refractivity contribution < 1.29 is 5.11 Å². The molecule has 4 heteroatoms. The minimum atomic E-state index is -0.291. The van der Waals surface area contributed by atoms with Gasteiger partial charge >= 0.3 is 0 Å². The van der Waals surface area contributed by atoms with Crippen LogP contribution in [-0.4, -0.2) is 60.4 Å². The third-order valence-electron chi connectivity index (χ3n) is 2.86.